The van der Waals surface area contributed by atoms with Gasteiger partial charge < -0.3 is 5.32 Å². The summed E-state index contributed by atoms with van der Waals surface area (Å²) in [7, 11) is 0. The molecule has 1 aromatic rings. The Balaban J connectivity index is 1.93. The van der Waals surface area contributed by atoms with E-state index in [4.69, 9.17) is 0 Å². The third-order valence-corrected chi connectivity index (χ3v) is 4.20. The molecule has 0 radical (unpaired) electrons. The third kappa shape index (κ3) is 2.35. The average molecular weight is 243 g/mol. The van der Waals surface area contributed by atoms with Crippen LogP contribution in [0.3, 0.4) is 0 Å². The Kier molecular flexibility index (Phi) is 3.21. The minimum atomic E-state index is 0.326. The van der Waals surface area contributed by atoms with Crippen LogP contribution >= 0.6 is 0 Å². The molecule has 0 spiro atoms. The molecule has 0 amide bonds. The predicted molar refractivity (Wildman–Crippen MR) is 73.1 cm³/mol. The van der Waals surface area contributed by atoms with Gasteiger partial charge in [-0.05, 0) is 63.2 Å². The van der Waals surface area contributed by atoms with Gasteiger partial charge in [0.25, 0.3) is 0 Å². The zero-order chi connectivity index (χ0) is 12.5. The topological polar surface area (TPSA) is 29.1 Å². The molecule has 18 heavy (non-hydrogen) atoms. The van der Waals surface area contributed by atoms with Crippen LogP contribution < -0.4 is 5.32 Å². The molecule has 0 atom stereocenters. The first-order valence-corrected chi connectivity index (χ1v) is 7.11. The number of Topliss-reactive ketones (excluding diaryl/α,β-unsaturated/α-hetero) is 1. The molecule has 1 N–H and O–H groups in total. The van der Waals surface area contributed by atoms with Gasteiger partial charge in [0.15, 0.2) is 5.78 Å². The lowest BCUT2D eigenvalue weighted by Crippen LogP contribution is -2.27. The van der Waals surface area contributed by atoms with Gasteiger partial charge in [0.05, 0.1) is 0 Å². The summed E-state index contributed by atoms with van der Waals surface area (Å²) in [6.45, 7) is 4.24. The second-order valence-electron chi connectivity index (χ2n) is 5.75. The van der Waals surface area contributed by atoms with Crippen molar-refractivity contribution in [2.75, 3.05) is 13.1 Å². The Morgan fingerprint density at radius 2 is 1.89 bits per heavy atom. The quantitative estimate of drug-likeness (QED) is 0.827. The van der Waals surface area contributed by atoms with Crippen molar-refractivity contribution in [3.05, 3.63) is 34.9 Å². The molecule has 96 valence electrons. The van der Waals surface area contributed by atoms with E-state index in [1.807, 2.05) is 0 Å². The van der Waals surface area contributed by atoms with Gasteiger partial charge in [0.1, 0.15) is 0 Å². The highest BCUT2D eigenvalue weighted by molar-refractivity contribution is 6.00. The van der Waals surface area contributed by atoms with E-state index in [1.54, 1.807) is 0 Å². The summed E-state index contributed by atoms with van der Waals surface area (Å²) < 4.78 is 0. The molecule has 1 aliphatic carbocycles. The molecular weight excluding hydrogens is 222 g/mol. The van der Waals surface area contributed by atoms with Crippen molar-refractivity contribution in [3.63, 3.8) is 0 Å². The molecule has 3 rings (SSSR count). The van der Waals surface area contributed by atoms with Crippen LogP contribution in [0.1, 0.15) is 53.1 Å². The van der Waals surface area contributed by atoms with E-state index in [2.05, 4.69) is 30.4 Å². The van der Waals surface area contributed by atoms with E-state index in [0.717, 1.165) is 44.3 Å². The highest BCUT2D eigenvalue weighted by Gasteiger charge is 2.32. The van der Waals surface area contributed by atoms with E-state index < -0.39 is 0 Å². The Morgan fingerprint density at radius 3 is 2.56 bits per heavy atom. The number of rotatable bonds is 3. The fraction of sp³-hybridized carbons (Fsp3) is 0.562. The van der Waals surface area contributed by atoms with Gasteiger partial charge in [-0.25, -0.2) is 0 Å². The van der Waals surface area contributed by atoms with Crippen LogP contribution in [0.4, 0.5) is 0 Å². The molecule has 2 heteroatoms. The minimum absolute atomic E-state index is 0.326. The molecule has 2 fully saturated rings. The number of aryl methyl sites for hydroxylation is 1. The summed E-state index contributed by atoms with van der Waals surface area (Å²) in [5.74, 6) is 1.30. The van der Waals surface area contributed by atoms with Gasteiger partial charge in [-0.2, -0.15) is 0 Å². The van der Waals surface area contributed by atoms with Gasteiger partial charge in [-0.15, -0.1) is 0 Å². The Labute approximate surface area is 109 Å². The van der Waals surface area contributed by atoms with Crippen molar-refractivity contribution in [1.29, 1.82) is 0 Å². The first kappa shape index (κ1) is 11.9. The maximum Gasteiger partial charge on any atom is 0.166 e. The highest BCUT2D eigenvalue weighted by Crippen LogP contribution is 2.36. The second-order valence-corrected chi connectivity index (χ2v) is 5.75. The number of carbonyl (C=O) groups excluding carboxylic acids is 1. The van der Waals surface area contributed by atoms with E-state index in [1.165, 1.54) is 11.1 Å². The largest absolute Gasteiger partial charge is 0.317 e. The standard InChI is InChI=1S/C16H21NO/c1-11-2-5-14(12-6-8-17-9-7-12)15(10-11)16(18)13-3-4-13/h2,5,10,12-13,17H,3-4,6-9H2,1H3. The van der Waals surface area contributed by atoms with Gasteiger partial charge in [-0.1, -0.05) is 17.7 Å². The molecule has 1 heterocycles. The van der Waals surface area contributed by atoms with Crippen LogP contribution in [0.5, 0.6) is 0 Å². The first-order valence-electron chi connectivity index (χ1n) is 7.11. The van der Waals surface area contributed by atoms with Gasteiger partial charge in [0.2, 0.25) is 0 Å². The third-order valence-electron chi connectivity index (χ3n) is 4.20. The highest BCUT2D eigenvalue weighted by atomic mass is 16.1. The molecule has 1 saturated carbocycles. The molecule has 0 aromatic heterocycles. The molecule has 2 aliphatic rings. The maximum atomic E-state index is 12.4. The van der Waals surface area contributed by atoms with Crippen molar-refractivity contribution in [3.8, 4) is 0 Å². The monoisotopic (exact) mass is 243 g/mol. The zero-order valence-corrected chi connectivity index (χ0v) is 11.0. The average Bonchev–Trinajstić information content (AvgIpc) is 3.23. The van der Waals surface area contributed by atoms with Crippen LogP contribution in [0.15, 0.2) is 18.2 Å². The van der Waals surface area contributed by atoms with Gasteiger partial charge >= 0.3 is 0 Å². The number of hydrogen-bond donors (Lipinski definition) is 1. The van der Waals surface area contributed by atoms with Gasteiger partial charge in [0, 0.05) is 11.5 Å². The van der Waals surface area contributed by atoms with E-state index in [9.17, 15) is 4.79 Å². The lowest BCUT2D eigenvalue weighted by molar-refractivity contribution is 0.0966. The van der Waals surface area contributed by atoms with E-state index in [-0.39, 0.29) is 0 Å². The number of ketones is 1. The normalized spacial score (nSPS) is 20.9. The number of carbonyl (C=O) groups is 1. The van der Waals surface area contributed by atoms with Crippen molar-refractivity contribution >= 4 is 5.78 Å². The predicted octanol–water partition coefficient (Wildman–Crippen LogP) is 3.05. The van der Waals surface area contributed by atoms with Crippen LogP contribution in [-0.4, -0.2) is 18.9 Å². The number of benzene rings is 1. The fourth-order valence-electron chi connectivity index (χ4n) is 2.94. The number of nitrogens with one attached hydrogen (secondary N) is 1. The van der Waals surface area contributed by atoms with Crippen LogP contribution in [0, 0.1) is 12.8 Å². The van der Waals surface area contributed by atoms with Crippen LogP contribution in [0.25, 0.3) is 0 Å². The summed E-state index contributed by atoms with van der Waals surface area (Å²) in [5.41, 5.74) is 3.53. The van der Waals surface area contributed by atoms with E-state index in [0.29, 0.717) is 17.6 Å². The summed E-state index contributed by atoms with van der Waals surface area (Å²) in [6, 6.07) is 6.46. The Morgan fingerprint density at radius 1 is 1.17 bits per heavy atom. The van der Waals surface area contributed by atoms with E-state index >= 15 is 0 Å². The molecule has 0 bridgehead atoms. The lowest BCUT2D eigenvalue weighted by atomic mass is 9.84. The van der Waals surface area contributed by atoms with Crippen molar-refractivity contribution < 1.29 is 4.79 Å². The molecule has 2 nitrogen and oxygen atoms in total. The molecule has 0 unspecified atom stereocenters. The van der Waals surface area contributed by atoms with Crippen molar-refractivity contribution in [2.24, 2.45) is 5.92 Å². The smallest absolute Gasteiger partial charge is 0.166 e. The zero-order valence-electron chi connectivity index (χ0n) is 11.0. The molecular formula is C16H21NO. The summed E-state index contributed by atoms with van der Waals surface area (Å²) in [5, 5.41) is 3.39. The maximum absolute atomic E-state index is 12.4. The Bertz CT molecular complexity index is 456. The second kappa shape index (κ2) is 4.85. The Hall–Kier alpha value is -1.15. The summed E-state index contributed by atoms with van der Waals surface area (Å²) in [6.07, 6.45) is 4.51. The number of hydrogen-bond acceptors (Lipinski definition) is 2. The van der Waals surface area contributed by atoms with Crippen LogP contribution in [0.2, 0.25) is 0 Å². The molecule has 1 aliphatic heterocycles. The number of piperidine rings is 1. The molecule has 1 aromatic carbocycles. The van der Waals surface area contributed by atoms with Gasteiger partial charge in [-0.3, -0.25) is 4.79 Å². The first-order chi connectivity index (χ1) is 8.75. The minimum Gasteiger partial charge on any atom is -0.317 e. The fourth-order valence-corrected chi connectivity index (χ4v) is 2.94. The SMILES string of the molecule is Cc1ccc(C2CCNCC2)c(C(=O)C2CC2)c1. The van der Waals surface area contributed by atoms with Crippen molar-refractivity contribution in [2.45, 2.75) is 38.5 Å². The summed E-state index contributed by atoms with van der Waals surface area (Å²) in [4.78, 5) is 12.4. The summed E-state index contributed by atoms with van der Waals surface area (Å²) >= 11 is 0. The molecule has 1 saturated heterocycles. The van der Waals surface area contributed by atoms with Crippen LogP contribution in [-0.2, 0) is 0 Å². The van der Waals surface area contributed by atoms with Crippen molar-refractivity contribution in [1.82, 2.24) is 5.32 Å². The lowest BCUT2D eigenvalue weighted by Gasteiger charge is -2.25.